The predicted octanol–water partition coefficient (Wildman–Crippen LogP) is 2.88. The Morgan fingerprint density at radius 1 is 1.53 bits per heavy atom. The van der Waals surface area contributed by atoms with Crippen molar-refractivity contribution < 1.29 is 4.79 Å². The number of amides is 1. The Morgan fingerprint density at radius 2 is 2.26 bits per heavy atom. The molecular formula is C14H20Cl2N2O. The molecule has 0 spiro atoms. The molecule has 1 heterocycles. The van der Waals surface area contributed by atoms with Crippen LogP contribution in [0, 0.1) is 12.8 Å². The molecule has 1 aromatic carbocycles. The number of piperidine rings is 1. The summed E-state index contributed by atoms with van der Waals surface area (Å²) in [7, 11) is 0. The lowest BCUT2D eigenvalue weighted by molar-refractivity contribution is 0.0678. The van der Waals surface area contributed by atoms with Crippen LogP contribution in [0.4, 0.5) is 0 Å². The van der Waals surface area contributed by atoms with E-state index in [9.17, 15) is 4.79 Å². The van der Waals surface area contributed by atoms with Crippen molar-refractivity contribution in [3.63, 3.8) is 0 Å². The van der Waals surface area contributed by atoms with Crippen molar-refractivity contribution in [1.82, 2.24) is 4.90 Å². The standard InChI is InChI=1S/C14H19ClN2O.ClH/c1-10-7-12(4-5-13(10)15)14(18)17-6-2-3-11(8-16)9-17;/h4-5,7,11H,2-3,6,8-9,16H2,1H3;1H. The van der Waals surface area contributed by atoms with Gasteiger partial charge in [0.1, 0.15) is 0 Å². The first-order chi connectivity index (χ1) is 8.61. The first-order valence-corrected chi connectivity index (χ1v) is 6.75. The van der Waals surface area contributed by atoms with Crippen LogP contribution in [0.2, 0.25) is 5.02 Å². The van der Waals surface area contributed by atoms with E-state index in [1.807, 2.05) is 17.9 Å². The van der Waals surface area contributed by atoms with Gasteiger partial charge in [0.15, 0.2) is 0 Å². The van der Waals surface area contributed by atoms with E-state index in [4.69, 9.17) is 17.3 Å². The van der Waals surface area contributed by atoms with Crippen LogP contribution in [0.5, 0.6) is 0 Å². The lowest BCUT2D eigenvalue weighted by Crippen LogP contribution is -2.42. The minimum Gasteiger partial charge on any atom is -0.338 e. The molecule has 3 nitrogen and oxygen atoms in total. The largest absolute Gasteiger partial charge is 0.338 e. The summed E-state index contributed by atoms with van der Waals surface area (Å²) in [6.07, 6.45) is 2.17. The number of aryl methyl sites for hydroxylation is 1. The number of nitrogens with two attached hydrogens (primary N) is 1. The maximum atomic E-state index is 12.4. The Morgan fingerprint density at radius 3 is 2.89 bits per heavy atom. The Balaban J connectivity index is 0.00000180. The van der Waals surface area contributed by atoms with Gasteiger partial charge in [-0.1, -0.05) is 11.6 Å². The summed E-state index contributed by atoms with van der Waals surface area (Å²) in [5, 5.41) is 0.699. The average molecular weight is 303 g/mol. The molecule has 19 heavy (non-hydrogen) atoms. The number of rotatable bonds is 2. The smallest absolute Gasteiger partial charge is 0.253 e. The fourth-order valence-electron chi connectivity index (χ4n) is 2.40. The number of benzene rings is 1. The summed E-state index contributed by atoms with van der Waals surface area (Å²) in [5.74, 6) is 0.531. The van der Waals surface area contributed by atoms with E-state index in [0.29, 0.717) is 17.5 Å². The van der Waals surface area contributed by atoms with Gasteiger partial charge in [-0.15, -0.1) is 12.4 Å². The molecule has 0 aromatic heterocycles. The van der Waals surface area contributed by atoms with E-state index >= 15 is 0 Å². The second kappa shape index (κ2) is 7.13. The van der Waals surface area contributed by atoms with Crippen molar-refractivity contribution in [2.24, 2.45) is 11.7 Å². The zero-order chi connectivity index (χ0) is 13.1. The van der Waals surface area contributed by atoms with Crippen molar-refractivity contribution in [3.05, 3.63) is 34.3 Å². The molecule has 1 unspecified atom stereocenters. The normalized spacial score (nSPS) is 18.9. The third kappa shape index (κ3) is 3.85. The zero-order valence-electron chi connectivity index (χ0n) is 11.1. The molecule has 106 valence electrons. The summed E-state index contributed by atoms with van der Waals surface area (Å²) in [6, 6.07) is 5.44. The van der Waals surface area contributed by atoms with Crippen molar-refractivity contribution in [3.8, 4) is 0 Å². The molecule has 1 aliphatic rings. The molecule has 1 aromatic rings. The molecule has 1 amide bonds. The van der Waals surface area contributed by atoms with Crippen LogP contribution in [0.25, 0.3) is 0 Å². The summed E-state index contributed by atoms with van der Waals surface area (Å²) in [6.45, 7) is 4.18. The van der Waals surface area contributed by atoms with E-state index in [0.717, 1.165) is 37.1 Å². The number of hydrogen-bond donors (Lipinski definition) is 1. The van der Waals surface area contributed by atoms with Gasteiger partial charge in [-0.25, -0.2) is 0 Å². The molecule has 0 radical (unpaired) electrons. The van der Waals surface area contributed by atoms with Crippen LogP contribution >= 0.6 is 24.0 Å². The van der Waals surface area contributed by atoms with Gasteiger partial charge in [0, 0.05) is 23.7 Å². The third-order valence-corrected chi connectivity index (χ3v) is 3.97. The quantitative estimate of drug-likeness (QED) is 0.913. The molecule has 2 rings (SSSR count). The number of likely N-dealkylation sites (tertiary alicyclic amines) is 1. The van der Waals surface area contributed by atoms with Crippen molar-refractivity contribution >= 4 is 29.9 Å². The maximum Gasteiger partial charge on any atom is 0.253 e. The fraction of sp³-hybridized carbons (Fsp3) is 0.500. The van der Waals surface area contributed by atoms with Crippen LogP contribution < -0.4 is 5.73 Å². The summed E-state index contributed by atoms with van der Waals surface area (Å²) >= 11 is 5.98. The molecule has 0 saturated carbocycles. The van der Waals surface area contributed by atoms with Crippen molar-refractivity contribution in [1.29, 1.82) is 0 Å². The second-order valence-corrected chi connectivity index (χ2v) is 5.37. The average Bonchev–Trinajstić information content (AvgIpc) is 2.41. The van der Waals surface area contributed by atoms with E-state index in [-0.39, 0.29) is 18.3 Å². The van der Waals surface area contributed by atoms with E-state index in [2.05, 4.69) is 0 Å². The summed E-state index contributed by atoms with van der Waals surface area (Å²) in [4.78, 5) is 14.3. The Bertz CT molecular complexity index is 451. The van der Waals surface area contributed by atoms with Crippen LogP contribution in [-0.2, 0) is 0 Å². The minimum absolute atomic E-state index is 0. The number of hydrogen-bond acceptors (Lipinski definition) is 2. The van der Waals surface area contributed by atoms with Crippen molar-refractivity contribution in [2.75, 3.05) is 19.6 Å². The molecule has 1 aliphatic heterocycles. The minimum atomic E-state index is 0. The lowest BCUT2D eigenvalue weighted by Gasteiger charge is -2.32. The van der Waals surface area contributed by atoms with Gasteiger partial charge in [0.25, 0.3) is 5.91 Å². The number of carbonyl (C=O) groups excluding carboxylic acids is 1. The molecule has 2 N–H and O–H groups in total. The van der Waals surface area contributed by atoms with Crippen LogP contribution in [0.15, 0.2) is 18.2 Å². The van der Waals surface area contributed by atoms with Gasteiger partial charge in [0.2, 0.25) is 0 Å². The number of nitrogens with zero attached hydrogens (tertiary/aromatic N) is 1. The number of halogens is 2. The highest BCUT2D eigenvalue weighted by atomic mass is 35.5. The van der Waals surface area contributed by atoms with Gasteiger partial charge in [0.05, 0.1) is 0 Å². The monoisotopic (exact) mass is 302 g/mol. The van der Waals surface area contributed by atoms with Crippen molar-refractivity contribution in [2.45, 2.75) is 19.8 Å². The Hall–Kier alpha value is -0.770. The Labute approximate surface area is 125 Å². The SMILES string of the molecule is Cc1cc(C(=O)N2CCCC(CN)C2)ccc1Cl.Cl. The summed E-state index contributed by atoms with van der Waals surface area (Å²) in [5.41, 5.74) is 7.35. The zero-order valence-corrected chi connectivity index (χ0v) is 12.6. The van der Waals surface area contributed by atoms with Gasteiger partial charge >= 0.3 is 0 Å². The molecular weight excluding hydrogens is 283 g/mol. The van der Waals surface area contributed by atoms with E-state index < -0.39 is 0 Å². The molecule has 1 atom stereocenters. The highest BCUT2D eigenvalue weighted by Gasteiger charge is 2.23. The first-order valence-electron chi connectivity index (χ1n) is 6.37. The third-order valence-electron chi connectivity index (χ3n) is 3.54. The lowest BCUT2D eigenvalue weighted by atomic mass is 9.97. The first kappa shape index (κ1) is 16.3. The predicted molar refractivity (Wildman–Crippen MR) is 81.1 cm³/mol. The highest BCUT2D eigenvalue weighted by Crippen LogP contribution is 2.20. The molecule has 0 bridgehead atoms. The Kier molecular flexibility index (Phi) is 6.11. The molecule has 1 fully saturated rings. The van der Waals surface area contributed by atoms with Gasteiger partial charge in [-0.2, -0.15) is 0 Å². The maximum absolute atomic E-state index is 12.4. The van der Waals surface area contributed by atoms with Crippen LogP contribution in [-0.4, -0.2) is 30.4 Å². The van der Waals surface area contributed by atoms with Gasteiger partial charge in [-0.05, 0) is 56.0 Å². The van der Waals surface area contributed by atoms with E-state index in [1.165, 1.54) is 0 Å². The highest BCUT2D eigenvalue weighted by molar-refractivity contribution is 6.31. The van der Waals surface area contributed by atoms with Crippen LogP contribution in [0.3, 0.4) is 0 Å². The molecule has 1 saturated heterocycles. The molecule has 0 aliphatic carbocycles. The van der Waals surface area contributed by atoms with Crippen LogP contribution in [0.1, 0.15) is 28.8 Å². The topological polar surface area (TPSA) is 46.3 Å². The number of carbonyl (C=O) groups is 1. The fourth-order valence-corrected chi connectivity index (χ4v) is 2.52. The van der Waals surface area contributed by atoms with Gasteiger partial charge < -0.3 is 10.6 Å². The molecule has 5 heteroatoms. The summed E-state index contributed by atoms with van der Waals surface area (Å²) < 4.78 is 0. The van der Waals surface area contributed by atoms with E-state index in [1.54, 1.807) is 12.1 Å². The second-order valence-electron chi connectivity index (χ2n) is 4.96. The van der Waals surface area contributed by atoms with Gasteiger partial charge in [-0.3, -0.25) is 4.79 Å².